The number of halogens is 1. The van der Waals surface area contributed by atoms with Crippen molar-refractivity contribution in [1.29, 1.82) is 0 Å². The van der Waals surface area contributed by atoms with Crippen molar-refractivity contribution in [2.45, 2.75) is 19.0 Å². The molecule has 2 amide bonds. The average Bonchev–Trinajstić information content (AvgIpc) is 3.45. The van der Waals surface area contributed by atoms with E-state index < -0.39 is 0 Å². The van der Waals surface area contributed by atoms with Gasteiger partial charge in [0.2, 0.25) is 0 Å². The SMILES string of the molecule is CN(C)C1CCN(c2ccc(NC(=O)c3ccc(N4Cc5ccccc5C4=O)cc3Br)cc2)C1. The van der Waals surface area contributed by atoms with Crippen LogP contribution in [-0.4, -0.2) is 49.9 Å². The van der Waals surface area contributed by atoms with Gasteiger partial charge < -0.3 is 20.0 Å². The molecule has 1 atom stereocenters. The van der Waals surface area contributed by atoms with E-state index in [0.29, 0.717) is 22.6 Å². The molecule has 1 fully saturated rings. The molecule has 0 saturated carbocycles. The molecule has 0 aliphatic carbocycles. The molecule has 174 valence electrons. The summed E-state index contributed by atoms with van der Waals surface area (Å²) >= 11 is 3.53. The first-order valence-corrected chi connectivity index (χ1v) is 12.2. The molecule has 0 bridgehead atoms. The van der Waals surface area contributed by atoms with Gasteiger partial charge in [0, 0.05) is 46.2 Å². The van der Waals surface area contributed by atoms with Gasteiger partial charge >= 0.3 is 0 Å². The molecule has 0 spiro atoms. The highest BCUT2D eigenvalue weighted by atomic mass is 79.9. The maximum atomic E-state index is 12.9. The van der Waals surface area contributed by atoms with Crippen LogP contribution in [0.2, 0.25) is 0 Å². The van der Waals surface area contributed by atoms with E-state index in [1.54, 1.807) is 11.0 Å². The Hall–Kier alpha value is -3.16. The van der Waals surface area contributed by atoms with Gasteiger partial charge in [-0.05, 0) is 90.5 Å². The molecule has 5 rings (SSSR count). The third-order valence-electron chi connectivity index (χ3n) is 6.71. The Morgan fingerprint density at radius 1 is 1.03 bits per heavy atom. The van der Waals surface area contributed by atoms with Crippen LogP contribution in [-0.2, 0) is 6.54 Å². The monoisotopic (exact) mass is 518 g/mol. The lowest BCUT2D eigenvalue weighted by Gasteiger charge is -2.22. The Bertz CT molecular complexity index is 1240. The predicted molar refractivity (Wildman–Crippen MR) is 140 cm³/mol. The number of carbonyl (C=O) groups is 2. The lowest BCUT2D eigenvalue weighted by molar-refractivity contribution is 0.0995. The van der Waals surface area contributed by atoms with Gasteiger partial charge in [-0.3, -0.25) is 9.59 Å². The molecule has 0 radical (unpaired) electrons. The van der Waals surface area contributed by atoms with Gasteiger partial charge in [0.05, 0.1) is 12.1 Å². The van der Waals surface area contributed by atoms with Gasteiger partial charge in [-0.2, -0.15) is 0 Å². The second-order valence-electron chi connectivity index (χ2n) is 9.07. The molecule has 1 unspecified atom stereocenters. The first-order chi connectivity index (χ1) is 16.4. The summed E-state index contributed by atoms with van der Waals surface area (Å²) in [7, 11) is 4.25. The highest BCUT2D eigenvalue weighted by Gasteiger charge is 2.28. The number of likely N-dealkylation sites (N-methyl/N-ethyl adjacent to an activating group) is 1. The maximum absolute atomic E-state index is 12.9. The molecule has 0 aromatic heterocycles. The van der Waals surface area contributed by atoms with E-state index in [-0.39, 0.29) is 11.8 Å². The first kappa shape index (κ1) is 22.6. The van der Waals surface area contributed by atoms with E-state index in [0.717, 1.165) is 42.0 Å². The summed E-state index contributed by atoms with van der Waals surface area (Å²) in [5.74, 6) is -0.217. The summed E-state index contributed by atoms with van der Waals surface area (Å²) in [6.45, 7) is 2.59. The lowest BCUT2D eigenvalue weighted by Crippen LogP contribution is -2.31. The van der Waals surface area contributed by atoms with E-state index in [9.17, 15) is 9.59 Å². The Balaban J connectivity index is 1.25. The van der Waals surface area contributed by atoms with Gasteiger partial charge in [-0.1, -0.05) is 18.2 Å². The van der Waals surface area contributed by atoms with Crippen LogP contribution in [0.4, 0.5) is 17.1 Å². The van der Waals surface area contributed by atoms with Crippen LogP contribution in [0.15, 0.2) is 71.2 Å². The number of rotatable bonds is 5. The van der Waals surface area contributed by atoms with Crippen LogP contribution >= 0.6 is 15.9 Å². The van der Waals surface area contributed by atoms with Gasteiger partial charge in [0.15, 0.2) is 0 Å². The predicted octanol–water partition coefficient (Wildman–Crippen LogP) is 5.00. The number of nitrogens with one attached hydrogen (secondary N) is 1. The second-order valence-corrected chi connectivity index (χ2v) is 9.92. The van der Waals surface area contributed by atoms with E-state index >= 15 is 0 Å². The van der Waals surface area contributed by atoms with Crippen molar-refractivity contribution in [3.8, 4) is 0 Å². The topological polar surface area (TPSA) is 55.9 Å². The van der Waals surface area contributed by atoms with Crippen molar-refractivity contribution in [3.05, 3.63) is 87.9 Å². The van der Waals surface area contributed by atoms with E-state index in [1.165, 1.54) is 5.69 Å². The standard InChI is InChI=1S/C27H27BrN4O2/c1-30(2)22-13-14-31(17-22)20-9-7-19(8-10-20)29-26(33)24-12-11-21(15-25(24)28)32-16-18-5-3-4-6-23(18)27(32)34/h3-12,15,22H,13-14,16-17H2,1-2H3,(H,29,33). The number of amides is 2. The fourth-order valence-electron chi connectivity index (χ4n) is 4.67. The maximum Gasteiger partial charge on any atom is 0.258 e. The minimum absolute atomic E-state index is 0.0188. The van der Waals surface area contributed by atoms with Crippen molar-refractivity contribution < 1.29 is 9.59 Å². The van der Waals surface area contributed by atoms with Crippen LogP contribution in [0.3, 0.4) is 0 Å². The summed E-state index contributed by atoms with van der Waals surface area (Å²) < 4.78 is 0.648. The third-order valence-corrected chi connectivity index (χ3v) is 7.37. The second kappa shape index (κ2) is 9.24. The first-order valence-electron chi connectivity index (χ1n) is 11.4. The zero-order chi connectivity index (χ0) is 23.8. The summed E-state index contributed by atoms with van der Waals surface area (Å²) in [6.07, 6.45) is 1.16. The Kier molecular flexibility index (Phi) is 6.15. The van der Waals surface area contributed by atoms with Crippen molar-refractivity contribution >= 4 is 44.8 Å². The highest BCUT2D eigenvalue weighted by molar-refractivity contribution is 9.10. The molecule has 6 nitrogen and oxygen atoms in total. The van der Waals surface area contributed by atoms with Crippen LogP contribution in [0.1, 0.15) is 32.7 Å². The van der Waals surface area contributed by atoms with Crippen LogP contribution < -0.4 is 15.1 Å². The summed E-state index contributed by atoms with van der Waals surface area (Å²) in [6, 6.07) is 21.6. The molecule has 34 heavy (non-hydrogen) atoms. The quantitative estimate of drug-likeness (QED) is 0.516. The van der Waals surface area contributed by atoms with Crippen molar-refractivity contribution in [1.82, 2.24) is 4.90 Å². The molecular formula is C27H27BrN4O2. The highest BCUT2D eigenvalue weighted by Crippen LogP contribution is 2.32. The number of anilines is 3. The minimum atomic E-state index is -0.198. The van der Waals surface area contributed by atoms with Gasteiger partial charge in [-0.15, -0.1) is 0 Å². The smallest absolute Gasteiger partial charge is 0.258 e. The van der Waals surface area contributed by atoms with Crippen molar-refractivity contribution in [2.75, 3.05) is 42.3 Å². The fourth-order valence-corrected chi connectivity index (χ4v) is 5.22. The summed E-state index contributed by atoms with van der Waals surface area (Å²) in [5, 5.41) is 2.98. The van der Waals surface area contributed by atoms with Crippen molar-refractivity contribution in [3.63, 3.8) is 0 Å². The number of nitrogens with zero attached hydrogens (tertiary/aromatic N) is 3. The zero-order valence-corrected chi connectivity index (χ0v) is 20.9. The number of hydrogen-bond donors (Lipinski definition) is 1. The molecule has 2 heterocycles. The molecule has 2 aliphatic rings. The van der Waals surface area contributed by atoms with E-state index in [2.05, 4.69) is 57.3 Å². The van der Waals surface area contributed by atoms with Crippen LogP contribution in [0, 0.1) is 0 Å². The third kappa shape index (κ3) is 4.33. The molecule has 3 aromatic rings. The molecule has 2 aliphatic heterocycles. The molecular weight excluding hydrogens is 492 g/mol. The average molecular weight is 519 g/mol. The minimum Gasteiger partial charge on any atom is -0.370 e. The van der Waals surface area contributed by atoms with E-state index in [1.807, 2.05) is 48.5 Å². The Morgan fingerprint density at radius 2 is 1.76 bits per heavy atom. The normalized spacial score (nSPS) is 17.4. The summed E-state index contributed by atoms with van der Waals surface area (Å²) in [5.41, 5.74) is 4.94. The Labute approximate surface area is 208 Å². The largest absolute Gasteiger partial charge is 0.370 e. The molecule has 1 saturated heterocycles. The van der Waals surface area contributed by atoms with Gasteiger partial charge in [0.25, 0.3) is 11.8 Å². The van der Waals surface area contributed by atoms with Crippen molar-refractivity contribution in [2.24, 2.45) is 0 Å². The Morgan fingerprint density at radius 3 is 2.44 bits per heavy atom. The van der Waals surface area contributed by atoms with Gasteiger partial charge in [0.1, 0.15) is 0 Å². The van der Waals surface area contributed by atoms with E-state index in [4.69, 9.17) is 0 Å². The number of carbonyl (C=O) groups excluding carboxylic acids is 2. The summed E-state index contributed by atoms with van der Waals surface area (Å²) in [4.78, 5) is 32.1. The van der Waals surface area contributed by atoms with Crippen LogP contribution in [0.25, 0.3) is 0 Å². The number of benzene rings is 3. The zero-order valence-electron chi connectivity index (χ0n) is 19.3. The number of hydrogen-bond acceptors (Lipinski definition) is 4. The number of fused-ring (bicyclic) bond motifs is 1. The molecule has 3 aromatic carbocycles. The fraction of sp³-hybridized carbons (Fsp3) is 0.259. The van der Waals surface area contributed by atoms with Gasteiger partial charge in [-0.25, -0.2) is 0 Å². The lowest BCUT2D eigenvalue weighted by atomic mass is 10.1. The molecule has 1 N–H and O–H groups in total. The van der Waals surface area contributed by atoms with Crippen LogP contribution in [0.5, 0.6) is 0 Å². The molecule has 7 heteroatoms.